The van der Waals surface area contributed by atoms with Gasteiger partial charge in [-0.1, -0.05) is 24.3 Å². The molecule has 4 heteroatoms. The summed E-state index contributed by atoms with van der Waals surface area (Å²) < 4.78 is 7.62. The molecule has 1 amide bonds. The van der Waals surface area contributed by atoms with Gasteiger partial charge in [0.2, 0.25) is 0 Å². The Labute approximate surface area is 140 Å². The second-order valence-electron chi connectivity index (χ2n) is 5.78. The molecule has 1 aromatic heterocycles. The number of nitrogens with zero attached hydrogens (tertiary/aromatic N) is 2. The highest BCUT2D eigenvalue weighted by Gasteiger charge is 2.22. The van der Waals surface area contributed by atoms with Crippen molar-refractivity contribution in [2.45, 2.75) is 6.61 Å². The highest BCUT2D eigenvalue weighted by Crippen LogP contribution is 2.25. The Hall–Kier alpha value is -2.85. The van der Waals surface area contributed by atoms with E-state index in [1.54, 1.807) is 0 Å². The van der Waals surface area contributed by atoms with Gasteiger partial charge in [-0.25, -0.2) is 0 Å². The van der Waals surface area contributed by atoms with Gasteiger partial charge in [-0.3, -0.25) is 4.79 Å². The van der Waals surface area contributed by atoms with E-state index in [0.717, 1.165) is 16.9 Å². The number of fused-ring (bicyclic) bond motifs is 1. The van der Waals surface area contributed by atoms with Crippen LogP contribution in [0.5, 0.6) is 0 Å². The molecular weight excluding hydrogens is 300 g/mol. The molecule has 2 aromatic carbocycles. The summed E-state index contributed by atoms with van der Waals surface area (Å²) in [5.41, 5.74) is 3.64. The van der Waals surface area contributed by atoms with Crippen molar-refractivity contribution < 1.29 is 9.53 Å². The maximum Gasteiger partial charge on any atom is 0.258 e. The number of carbonyl (C=O) groups is 1. The summed E-state index contributed by atoms with van der Waals surface area (Å²) >= 11 is 0. The van der Waals surface area contributed by atoms with Gasteiger partial charge >= 0.3 is 0 Å². The van der Waals surface area contributed by atoms with Crippen LogP contribution in [0.2, 0.25) is 0 Å². The Bertz CT molecular complexity index is 856. The number of carbonyl (C=O) groups excluding carboxylic acids is 1. The van der Waals surface area contributed by atoms with Crippen molar-refractivity contribution in [1.29, 1.82) is 0 Å². The zero-order chi connectivity index (χ0) is 16.4. The van der Waals surface area contributed by atoms with Crippen LogP contribution in [0.25, 0.3) is 5.69 Å². The molecule has 24 heavy (non-hydrogen) atoms. The molecule has 0 saturated heterocycles. The van der Waals surface area contributed by atoms with Crippen molar-refractivity contribution in [3.8, 4) is 5.69 Å². The molecule has 4 rings (SSSR count). The second-order valence-corrected chi connectivity index (χ2v) is 5.78. The normalized spacial score (nSPS) is 14.1. The lowest BCUT2D eigenvalue weighted by Gasteiger charge is -2.22. The van der Waals surface area contributed by atoms with Gasteiger partial charge in [0.05, 0.1) is 13.2 Å². The number of amides is 1. The maximum atomic E-state index is 13.1. The molecule has 0 N–H and O–H groups in total. The first-order valence-corrected chi connectivity index (χ1v) is 8.04. The summed E-state index contributed by atoms with van der Waals surface area (Å²) in [4.78, 5) is 14.9. The highest BCUT2D eigenvalue weighted by atomic mass is 16.5. The zero-order valence-corrected chi connectivity index (χ0v) is 13.3. The SMILES string of the molecule is O=C(c1cccc(-n2cccc2)c1)N1CCOCc2ccccc21. The molecule has 0 spiro atoms. The minimum absolute atomic E-state index is 0.00181. The third kappa shape index (κ3) is 2.72. The van der Waals surface area contributed by atoms with E-state index in [1.165, 1.54) is 0 Å². The van der Waals surface area contributed by atoms with E-state index in [0.29, 0.717) is 25.3 Å². The lowest BCUT2D eigenvalue weighted by molar-refractivity contribution is 0.0966. The molecule has 1 aliphatic rings. The van der Waals surface area contributed by atoms with Crippen LogP contribution in [-0.2, 0) is 11.3 Å². The van der Waals surface area contributed by atoms with Gasteiger partial charge in [-0.15, -0.1) is 0 Å². The predicted molar refractivity (Wildman–Crippen MR) is 93.5 cm³/mol. The highest BCUT2D eigenvalue weighted by molar-refractivity contribution is 6.06. The smallest absolute Gasteiger partial charge is 0.258 e. The molecule has 0 atom stereocenters. The summed E-state index contributed by atoms with van der Waals surface area (Å²) in [6.07, 6.45) is 3.94. The van der Waals surface area contributed by atoms with Crippen molar-refractivity contribution >= 4 is 11.6 Å². The Balaban J connectivity index is 1.70. The van der Waals surface area contributed by atoms with Crippen LogP contribution < -0.4 is 4.90 Å². The maximum absolute atomic E-state index is 13.1. The van der Waals surface area contributed by atoms with Gasteiger partial charge in [0.15, 0.2) is 0 Å². The minimum Gasteiger partial charge on any atom is -0.375 e. The zero-order valence-electron chi connectivity index (χ0n) is 13.3. The number of para-hydroxylation sites is 1. The monoisotopic (exact) mass is 318 g/mol. The van der Waals surface area contributed by atoms with Gasteiger partial charge < -0.3 is 14.2 Å². The van der Waals surface area contributed by atoms with E-state index >= 15 is 0 Å². The first kappa shape index (κ1) is 14.7. The average Bonchev–Trinajstić information content (AvgIpc) is 3.08. The van der Waals surface area contributed by atoms with Crippen LogP contribution >= 0.6 is 0 Å². The van der Waals surface area contributed by atoms with Gasteiger partial charge in [0, 0.05) is 41.4 Å². The molecule has 0 radical (unpaired) electrons. The van der Waals surface area contributed by atoms with E-state index in [1.807, 2.05) is 82.5 Å². The number of ether oxygens (including phenoxy) is 1. The number of benzene rings is 2. The predicted octanol–water partition coefficient (Wildman–Crippen LogP) is 3.65. The van der Waals surface area contributed by atoms with Crippen molar-refractivity contribution in [3.05, 3.63) is 84.2 Å². The molecule has 0 bridgehead atoms. The summed E-state index contributed by atoms with van der Waals surface area (Å²) in [7, 11) is 0. The van der Waals surface area contributed by atoms with Crippen molar-refractivity contribution in [3.63, 3.8) is 0 Å². The first-order valence-electron chi connectivity index (χ1n) is 8.04. The molecule has 4 nitrogen and oxygen atoms in total. The van der Waals surface area contributed by atoms with E-state index in [2.05, 4.69) is 0 Å². The molecule has 0 fully saturated rings. The Morgan fingerprint density at radius 1 is 0.958 bits per heavy atom. The van der Waals surface area contributed by atoms with E-state index < -0.39 is 0 Å². The third-order valence-electron chi connectivity index (χ3n) is 4.24. The second kappa shape index (κ2) is 6.34. The molecular formula is C20H18N2O2. The molecule has 2 heterocycles. The Morgan fingerprint density at radius 2 is 1.79 bits per heavy atom. The van der Waals surface area contributed by atoms with Gasteiger partial charge in [-0.2, -0.15) is 0 Å². The van der Waals surface area contributed by atoms with Crippen LogP contribution in [0.1, 0.15) is 15.9 Å². The molecule has 120 valence electrons. The van der Waals surface area contributed by atoms with Crippen molar-refractivity contribution in [2.24, 2.45) is 0 Å². The van der Waals surface area contributed by atoms with Gasteiger partial charge in [0.1, 0.15) is 0 Å². The largest absolute Gasteiger partial charge is 0.375 e. The third-order valence-corrected chi connectivity index (χ3v) is 4.24. The first-order chi connectivity index (χ1) is 11.8. The summed E-state index contributed by atoms with van der Waals surface area (Å²) in [5.74, 6) is 0.00181. The lowest BCUT2D eigenvalue weighted by atomic mass is 10.1. The standard InChI is InChI=1S/C20H18N2O2/c23-20(16-7-5-8-18(14-16)21-10-3-4-11-21)22-12-13-24-15-17-6-1-2-9-19(17)22/h1-11,14H,12-13,15H2. The number of hydrogen-bond donors (Lipinski definition) is 0. The fraction of sp³-hybridized carbons (Fsp3) is 0.150. The number of hydrogen-bond acceptors (Lipinski definition) is 2. The fourth-order valence-corrected chi connectivity index (χ4v) is 3.03. The lowest BCUT2D eigenvalue weighted by Crippen LogP contribution is -2.33. The van der Waals surface area contributed by atoms with Crippen LogP contribution in [0, 0.1) is 0 Å². The van der Waals surface area contributed by atoms with Gasteiger partial charge in [-0.05, 0) is 36.4 Å². The van der Waals surface area contributed by atoms with E-state index in [4.69, 9.17) is 4.74 Å². The van der Waals surface area contributed by atoms with E-state index in [-0.39, 0.29) is 5.91 Å². The molecule has 0 unspecified atom stereocenters. The minimum atomic E-state index is 0.00181. The van der Waals surface area contributed by atoms with Crippen LogP contribution in [0.15, 0.2) is 73.1 Å². The summed E-state index contributed by atoms with van der Waals surface area (Å²) in [5, 5.41) is 0. The number of anilines is 1. The quantitative estimate of drug-likeness (QED) is 0.723. The van der Waals surface area contributed by atoms with Crippen molar-refractivity contribution in [2.75, 3.05) is 18.1 Å². The molecule has 1 aliphatic heterocycles. The van der Waals surface area contributed by atoms with E-state index in [9.17, 15) is 4.79 Å². The Morgan fingerprint density at radius 3 is 2.67 bits per heavy atom. The topological polar surface area (TPSA) is 34.5 Å². The number of rotatable bonds is 2. The Kier molecular flexibility index (Phi) is 3.89. The average molecular weight is 318 g/mol. The molecule has 3 aromatic rings. The fourth-order valence-electron chi connectivity index (χ4n) is 3.03. The van der Waals surface area contributed by atoms with Crippen LogP contribution in [0.3, 0.4) is 0 Å². The summed E-state index contributed by atoms with van der Waals surface area (Å²) in [6.45, 7) is 1.64. The van der Waals surface area contributed by atoms with Crippen LogP contribution in [-0.4, -0.2) is 23.6 Å². The number of aromatic nitrogens is 1. The summed E-state index contributed by atoms with van der Waals surface area (Å²) in [6, 6.07) is 19.6. The van der Waals surface area contributed by atoms with Crippen molar-refractivity contribution in [1.82, 2.24) is 4.57 Å². The molecule has 0 aliphatic carbocycles. The van der Waals surface area contributed by atoms with Gasteiger partial charge in [0.25, 0.3) is 5.91 Å². The van der Waals surface area contributed by atoms with Crippen LogP contribution in [0.4, 0.5) is 5.69 Å². The molecule has 0 saturated carbocycles.